The van der Waals surface area contributed by atoms with Crippen molar-refractivity contribution in [1.29, 1.82) is 0 Å². The lowest BCUT2D eigenvalue weighted by Crippen LogP contribution is -2.36. The van der Waals surface area contributed by atoms with Gasteiger partial charge in [0.05, 0.1) is 19.1 Å². The number of ether oxygens (including phenoxy) is 1. The van der Waals surface area contributed by atoms with Gasteiger partial charge in [-0.2, -0.15) is 0 Å². The van der Waals surface area contributed by atoms with Gasteiger partial charge < -0.3 is 20.3 Å². The fourth-order valence-electron chi connectivity index (χ4n) is 2.81. The van der Waals surface area contributed by atoms with Crippen LogP contribution in [0, 0.1) is 5.92 Å². The molecule has 1 atom stereocenters. The molecule has 0 unspecified atom stereocenters. The maximum absolute atomic E-state index is 12.0. The number of amides is 2. The summed E-state index contributed by atoms with van der Waals surface area (Å²) in [5.74, 6) is -0.829. The minimum Gasteiger partial charge on any atom is -0.378 e. The molecule has 2 fully saturated rings. The highest BCUT2D eigenvalue weighted by Gasteiger charge is 2.33. The summed E-state index contributed by atoms with van der Waals surface area (Å²) < 4.78 is 5.34. The minimum absolute atomic E-state index is 0.0436. The zero-order valence-electron chi connectivity index (χ0n) is 11.8. The Morgan fingerprint density at radius 2 is 1.76 bits per heavy atom. The van der Waals surface area contributed by atoms with Gasteiger partial charge in [-0.05, 0) is 24.3 Å². The average molecular weight is 289 g/mol. The van der Waals surface area contributed by atoms with Crippen molar-refractivity contribution >= 4 is 23.2 Å². The van der Waals surface area contributed by atoms with E-state index in [9.17, 15) is 9.59 Å². The van der Waals surface area contributed by atoms with Crippen LogP contribution >= 0.6 is 0 Å². The fraction of sp³-hybridized carbons (Fsp3) is 0.467. The second-order valence-corrected chi connectivity index (χ2v) is 5.42. The maximum atomic E-state index is 12.0. The Hall–Kier alpha value is -2.08. The summed E-state index contributed by atoms with van der Waals surface area (Å²) in [5.41, 5.74) is 7.23. The lowest BCUT2D eigenvalue weighted by atomic mass is 10.1. The predicted octanol–water partition coefficient (Wildman–Crippen LogP) is 0.361. The molecule has 2 N–H and O–H groups in total. The van der Waals surface area contributed by atoms with Crippen LogP contribution < -0.4 is 15.5 Å². The molecule has 3 rings (SSSR count). The van der Waals surface area contributed by atoms with Crippen molar-refractivity contribution in [2.45, 2.75) is 6.42 Å². The van der Waals surface area contributed by atoms with Crippen LogP contribution in [0.2, 0.25) is 0 Å². The Labute approximate surface area is 123 Å². The normalized spacial score (nSPS) is 22.7. The summed E-state index contributed by atoms with van der Waals surface area (Å²) in [7, 11) is 0. The molecule has 2 heterocycles. The van der Waals surface area contributed by atoms with E-state index in [1.165, 1.54) is 0 Å². The van der Waals surface area contributed by atoms with Crippen LogP contribution in [0.5, 0.6) is 0 Å². The highest BCUT2D eigenvalue weighted by atomic mass is 16.5. The second-order valence-electron chi connectivity index (χ2n) is 5.42. The molecule has 2 saturated heterocycles. The zero-order valence-corrected chi connectivity index (χ0v) is 11.8. The summed E-state index contributed by atoms with van der Waals surface area (Å²) in [6.45, 7) is 3.63. The van der Waals surface area contributed by atoms with E-state index in [1.54, 1.807) is 4.90 Å². The van der Waals surface area contributed by atoms with Gasteiger partial charge in [0.25, 0.3) is 0 Å². The average Bonchev–Trinajstić information content (AvgIpc) is 2.91. The van der Waals surface area contributed by atoms with Crippen molar-refractivity contribution < 1.29 is 14.3 Å². The van der Waals surface area contributed by atoms with Gasteiger partial charge in [0.1, 0.15) is 0 Å². The smallest absolute Gasteiger partial charge is 0.227 e. The number of carbonyl (C=O) groups is 2. The largest absolute Gasteiger partial charge is 0.378 e. The summed E-state index contributed by atoms with van der Waals surface area (Å²) in [4.78, 5) is 27.1. The number of carbonyl (C=O) groups excluding carboxylic acids is 2. The number of morpholine rings is 1. The van der Waals surface area contributed by atoms with E-state index < -0.39 is 5.91 Å². The number of benzene rings is 1. The SMILES string of the molecule is NC(=O)[C@@H]1CC(=O)N(c2ccc(N3CCOCC3)cc2)C1. The molecule has 0 aliphatic carbocycles. The molecule has 2 amide bonds. The first kappa shape index (κ1) is 13.9. The van der Waals surface area contributed by atoms with Crippen LogP contribution in [-0.4, -0.2) is 44.7 Å². The number of hydrogen-bond donors (Lipinski definition) is 1. The predicted molar refractivity (Wildman–Crippen MR) is 79.1 cm³/mol. The third kappa shape index (κ3) is 2.85. The van der Waals surface area contributed by atoms with Crippen molar-refractivity contribution in [3.05, 3.63) is 24.3 Å². The lowest BCUT2D eigenvalue weighted by Gasteiger charge is -2.29. The van der Waals surface area contributed by atoms with E-state index in [0.717, 1.165) is 37.7 Å². The Kier molecular flexibility index (Phi) is 3.79. The highest BCUT2D eigenvalue weighted by Crippen LogP contribution is 2.27. The molecule has 0 saturated carbocycles. The summed E-state index contributed by atoms with van der Waals surface area (Å²) in [6.07, 6.45) is 0.209. The molecule has 0 radical (unpaired) electrons. The molecule has 1 aromatic rings. The Bertz CT molecular complexity index is 538. The van der Waals surface area contributed by atoms with Crippen molar-refractivity contribution in [2.24, 2.45) is 11.7 Å². The van der Waals surface area contributed by atoms with E-state index in [1.807, 2.05) is 24.3 Å². The topological polar surface area (TPSA) is 75.9 Å². The number of hydrogen-bond acceptors (Lipinski definition) is 4. The summed E-state index contributed by atoms with van der Waals surface area (Å²) in [6, 6.07) is 7.86. The van der Waals surface area contributed by atoms with E-state index >= 15 is 0 Å². The zero-order chi connectivity index (χ0) is 14.8. The first-order chi connectivity index (χ1) is 10.1. The van der Waals surface area contributed by atoms with Gasteiger partial charge in [-0.25, -0.2) is 0 Å². The quantitative estimate of drug-likeness (QED) is 0.872. The van der Waals surface area contributed by atoms with Gasteiger partial charge in [0.15, 0.2) is 0 Å². The first-order valence-electron chi connectivity index (χ1n) is 7.17. The molecular weight excluding hydrogens is 270 g/mol. The van der Waals surface area contributed by atoms with Crippen LogP contribution in [-0.2, 0) is 14.3 Å². The van der Waals surface area contributed by atoms with Crippen molar-refractivity contribution in [2.75, 3.05) is 42.6 Å². The minimum atomic E-state index is -0.407. The third-order valence-electron chi connectivity index (χ3n) is 4.07. The maximum Gasteiger partial charge on any atom is 0.227 e. The van der Waals surface area contributed by atoms with Gasteiger partial charge in [0, 0.05) is 37.4 Å². The number of rotatable bonds is 3. The molecule has 2 aliphatic heterocycles. The molecule has 2 aliphatic rings. The second kappa shape index (κ2) is 5.73. The van der Waals surface area contributed by atoms with Crippen molar-refractivity contribution in [3.8, 4) is 0 Å². The van der Waals surface area contributed by atoms with Crippen molar-refractivity contribution in [3.63, 3.8) is 0 Å². The Morgan fingerprint density at radius 3 is 2.33 bits per heavy atom. The van der Waals surface area contributed by atoms with Crippen LogP contribution in [0.1, 0.15) is 6.42 Å². The number of nitrogens with zero attached hydrogens (tertiary/aromatic N) is 2. The van der Waals surface area contributed by atoms with Crippen LogP contribution in [0.15, 0.2) is 24.3 Å². The lowest BCUT2D eigenvalue weighted by molar-refractivity contribution is -0.123. The molecule has 1 aromatic carbocycles. The molecule has 6 nitrogen and oxygen atoms in total. The first-order valence-corrected chi connectivity index (χ1v) is 7.17. The third-order valence-corrected chi connectivity index (χ3v) is 4.07. The molecule has 0 aromatic heterocycles. The van der Waals surface area contributed by atoms with Gasteiger partial charge in [0.2, 0.25) is 11.8 Å². The molecular formula is C15H19N3O3. The van der Waals surface area contributed by atoms with E-state index in [-0.39, 0.29) is 18.2 Å². The summed E-state index contributed by atoms with van der Waals surface area (Å²) in [5, 5.41) is 0. The fourth-order valence-corrected chi connectivity index (χ4v) is 2.81. The van der Waals surface area contributed by atoms with E-state index in [0.29, 0.717) is 6.54 Å². The molecule has 112 valence electrons. The Morgan fingerprint density at radius 1 is 1.14 bits per heavy atom. The Balaban J connectivity index is 1.72. The van der Waals surface area contributed by atoms with Crippen LogP contribution in [0.3, 0.4) is 0 Å². The van der Waals surface area contributed by atoms with Crippen molar-refractivity contribution in [1.82, 2.24) is 0 Å². The van der Waals surface area contributed by atoms with Gasteiger partial charge in [-0.1, -0.05) is 0 Å². The number of primary amides is 1. The van der Waals surface area contributed by atoms with Gasteiger partial charge >= 0.3 is 0 Å². The van der Waals surface area contributed by atoms with Crippen LogP contribution in [0.25, 0.3) is 0 Å². The molecule has 6 heteroatoms. The molecule has 0 bridgehead atoms. The van der Waals surface area contributed by atoms with Gasteiger partial charge in [-0.15, -0.1) is 0 Å². The number of nitrogens with two attached hydrogens (primary N) is 1. The number of anilines is 2. The highest BCUT2D eigenvalue weighted by molar-refractivity contribution is 6.00. The van der Waals surface area contributed by atoms with Crippen LogP contribution in [0.4, 0.5) is 11.4 Å². The van der Waals surface area contributed by atoms with E-state index in [2.05, 4.69) is 4.90 Å². The van der Waals surface area contributed by atoms with Gasteiger partial charge in [-0.3, -0.25) is 9.59 Å². The molecule has 0 spiro atoms. The summed E-state index contributed by atoms with van der Waals surface area (Å²) >= 11 is 0. The standard InChI is InChI=1S/C15H19N3O3/c16-15(20)11-9-14(19)18(10-11)13-3-1-12(2-4-13)17-5-7-21-8-6-17/h1-4,11H,5-10H2,(H2,16,20)/t11-/m1/s1. The van der Waals surface area contributed by atoms with E-state index in [4.69, 9.17) is 10.5 Å². The molecule has 21 heavy (non-hydrogen) atoms. The monoisotopic (exact) mass is 289 g/mol.